The highest BCUT2D eigenvalue weighted by molar-refractivity contribution is 9.10. The third kappa shape index (κ3) is 2.08. The molecule has 3 rings (SSSR count). The molecule has 1 aromatic carbocycles. The van der Waals surface area contributed by atoms with E-state index in [9.17, 15) is 0 Å². The highest BCUT2D eigenvalue weighted by atomic mass is 79.9. The first kappa shape index (κ1) is 12.7. The summed E-state index contributed by atoms with van der Waals surface area (Å²) in [5.74, 6) is 0.702. The van der Waals surface area contributed by atoms with Gasteiger partial charge < -0.3 is 5.73 Å². The van der Waals surface area contributed by atoms with Crippen LogP contribution in [0.2, 0.25) is 0 Å². The van der Waals surface area contributed by atoms with Crippen LogP contribution in [0.4, 0.5) is 5.82 Å². The van der Waals surface area contributed by atoms with Gasteiger partial charge in [-0.1, -0.05) is 15.9 Å². The number of aromatic nitrogens is 2. The third-order valence-corrected chi connectivity index (χ3v) is 5.13. The minimum absolute atomic E-state index is 0.702. The molecule has 0 radical (unpaired) electrons. The molecule has 0 amide bonds. The molecule has 0 aliphatic heterocycles. The highest BCUT2D eigenvalue weighted by Crippen LogP contribution is 2.30. The molecule has 4 heteroatoms. The fraction of sp³-hybridized carbons (Fsp3) is 0.400. The lowest BCUT2D eigenvalue weighted by Gasteiger charge is -2.15. The monoisotopic (exact) mass is 319 g/mol. The minimum atomic E-state index is 0.702. The first-order chi connectivity index (χ1) is 9.08. The molecule has 19 heavy (non-hydrogen) atoms. The van der Waals surface area contributed by atoms with Crippen LogP contribution < -0.4 is 5.73 Å². The highest BCUT2D eigenvalue weighted by Gasteiger charge is 2.20. The lowest BCUT2D eigenvalue weighted by molar-refractivity contribution is 0.653. The quantitative estimate of drug-likeness (QED) is 0.870. The normalized spacial score (nSPS) is 14.5. The number of anilines is 1. The Morgan fingerprint density at radius 2 is 1.79 bits per heavy atom. The Balaban J connectivity index is 2.17. The van der Waals surface area contributed by atoms with Gasteiger partial charge >= 0.3 is 0 Å². The zero-order chi connectivity index (χ0) is 13.6. The van der Waals surface area contributed by atoms with Crippen molar-refractivity contribution >= 4 is 21.7 Å². The van der Waals surface area contributed by atoms with Gasteiger partial charge in [-0.2, -0.15) is 5.10 Å². The lowest BCUT2D eigenvalue weighted by Crippen LogP contribution is -2.08. The van der Waals surface area contributed by atoms with Crippen LogP contribution >= 0.6 is 15.9 Å². The Morgan fingerprint density at radius 3 is 2.47 bits per heavy atom. The van der Waals surface area contributed by atoms with Crippen molar-refractivity contribution in [3.63, 3.8) is 0 Å². The molecule has 1 heterocycles. The molecule has 100 valence electrons. The Hall–Kier alpha value is -1.29. The van der Waals surface area contributed by atoms with Gasteiger partial charge in [0, 0.05) is 15.7 Å². The summed E-state index contributed by atoms with van der Waals surface area (Å²) in [6.07, 6.45) is 4.59. The van der Waals surface area contributed by atoms with Crippen LogP contribution in [-0.4, -0.2) is 9.78 Å². The van der Waals surface area contributed by atoms with Gasteiger partial charge in [0.1, 0.15) is 5.82 Å². The van der Waals surface area contributed by atoms with Crippen LogP contribution in [0.3, 0.4) is 0 Å². The second-order valence-corrected chi connectivity index (χ2v) is 6.12. The molecule has 0 bridgehead atoms. The van der Waals surface area contributed by atoms with Crippen LogP contribution in [0, 0.1) is 13.8 Å². The minimum Gasteiger partial charge on any atom is -0.382 e. The Labute approximate surface area is 121 Å². The van der Waals surface area contributed by atoms with E-state index in [0.717, 1.165) is 18.5 Å². The number of nitrogen functional groups attached to an aromatic ring is 1. The van der Waals surface area contributed by atoms with E-state index in [4.69, 9.17) is 5.73 Å². The number of benzene rings is 1. The van der Waals surface area contributed by atoms with Gasteiger partial charge in [0.2, 0.25) is 0 Å². The van der Waals surface area contributed by atoms with Crippen LogP contribution in [0.15, 0.2) is 16.6 Å². The molecule has 2 aromatic rings. The van der Waals surface area contributed by atoms with E-state index in [1.807, 2.05) is 4.68 Å². The van der Waals surface area contributed by atoms with Crippen LogP contribution in [-0.2, 0) is 12.8 Å². The van der Waals surface area contributed by atoms with Crippen molar-refractivity contribution in [2.24, 2.45) is 0 Å². The Morgan fingerprint density at radius 1 is 1.16 bits per heavy atom. The van der Waals surface area contributed by atoms with Gasteiger partial charge in [-0.15, -0.1) is 0 Å². The molecular weight excluding hydrogens is 302 g/mol. The number of fused-ring (bicyclic) bond motifs is 1. The number of rotatable bonds is 1. The van der Waals surface area contributed by atoms with E-state index < -0.39 is 0 Å². The second kappa shape index (κ2) is 4.67. The average molecular weight is 320 g/mol. The van der Waals surface area contributed by atoms with Crippen molar-refractivity contribution in [2.75, 3.05) is 5.73 Å². The number of halogens is 1. The standard InChI is InChI=1S/C15H18BrN3/c1-9-7-11(8-10(2)14(9)16)19-13-6-4-3-5-12(13)15(17)18-19/h7-8H,3-6H2,1-2H3,(H2,17,18). The van der Waals surface area contributed by atoms with Crippen molar-refractivity contribution < 1.29 is 0 Å². The summed E-state index contributed by atoms with van der Waals surface area (Å²) in [7, 11) is 0. The molecule has 2 N–H and O–H groups in total. The predicted octanol–water partition coefficient (Wildman–Crippen LogP) is 3.71. The summed E-state index contributed by atoms with van der Waals surface area (Å²) in [4.78, 5) is 0. The fourth-order valence-corrected chi connectivity index (χ4v) is 3.12. The molecule has 1 aromatic heterocycles. The molecule has 1 aliphatic rings. The van der Waals surface area contributed by atoms with E-state index in [1.165, 1.54) is 39.7 Å². The second-order valence-electron chi connectivity index (χ2n) is 5.32. The maximum atomic E-state index is 6.06. The molecule has 0 saturated heterocycles. The summed E-state index contributed by atoms with van der Waals surface area (Å²) in [5, 5.41) is 4.55. The van der Waals surface area contributed by atoms with Crippen molar-refractivity contribution in [1.82, 2.24) is 9.78 Å². The van der Waals surface area contributed by atoms with Gasteiger partial charge in [-0.05, 0) is 62.8 Å². The van der Waals surface area contributed by atoms with Gasteiger partial charge in [-0.3, -0.25) is 0 Å². The number of hydrogen-bond donors (Lipinski definition) is 1. The third-order valence-electron chi connectivity index (χ3n) is 3.88. The maximum absolute atomic E-state index is 6.06. The average Bonchev–Trinajstić information content (AvgIpc) is 2.74. The van der Waals surface area contributed by atoms with Crippen LogP contribution in [0.1, 0.15) is 35.2 Å². The SMILES string of the molecule is Cc1cc(-n2nc(N)c3c2CCCC3)cc(C)c1Br. The Bertz CT molecular complexity index is 620. The van der Waals surface area contributed by atoms with Gasteiger partial charge in [-0.25, -0.2) is 4.68 Å². The number of hydrogen-bond acceptors (Lipinski definition) is 2. The van der Waals surface area contributed by atoms with Crippen molar-refractivity contribution in [3.8, 4) is 5.69 Å². The molecular formula is C15H18BrN3. The van der Waals surface area contributed by atoms with Crippen molar-refractivity contribution in [2.45, 2.75) is 39.5 Å². The van der Waals surface area contributed by atoms with E-state index >= 15 is 0 Å². The number of nitrogens with two attached hydrogens (primary N) is 1. The zero-order valence-electron chi connectivity index (χ0n) is 11.3. The fourth-order valence-electron chi connectivity index (χ4n) is 2.89. The smallest absolute Gasteiger partial charge is 0.149 e. The van der Waals surface area contributed by atoms with Crippen molar-refractivity contribution in [1.29, 1.82) is 0 Å². The molecule has 0 spiro atoms. The molecule has 1 aliphatic carbocycles. The lowest BCUT2D eigenvalue weighted by atomic mass is 9.97. The summed E-state index contributed by atoms with van der Waals surface area (Å²) < 4.78 is 3.21. The topological polar surface area (TPSA) is 43.8 Å². The summed E-state index contributed by atoms with van der Waals surface area (Å²) in [6.45, 7) is 4.22. The largest absolute Gasteiger partial charge is 0.382 e. The number of aryl methyl sites for hydroxylation is 2. The van der Waals surface area contributed by atoms with Gasteiger partial charge in [0.05, 0.1) is 5.69 Å². The predicted molar refractivity (Wildman–Crippen MR) is 81.8 cm³/mol. The first-order valence-electron chi connectivity index (χ1n) is 6.71. The van der Waals surface area contributed by atoms with Crippen LogP contribution in [0.5, 0.6) is 0 Å². The summed E-state index contributed by atoms with van der Waals surface area (Å²) in [6, 6.07) is 4.33. The number of nitrogens with zero attached hydrogens (tertiary/aromatic N) is 2. The van der Waals surface area contributed by atoms with Crippen molar-refractivity contribution in [3.05, 3.63) is 39.0 Å². The molecule has 0 unspecified atom stereocenters. The van der Waals surface area contributed by atoms with Gasteiger partial charge in [0.15, 0.2) is 0 Å². The molecule has 0 saturated carbocycles. The summed E-state index contributed by atoms with van der Waals surface area (Å²) in [5.41, 5.74) is 12.2. The van der Waals surface area contributed by atoms with E-state index in [1.54, 1.807) is 0 Å². The zero-order valence-corrected chi connectivity index (χ0v) is 12.9. The van der Waals surface area contributed by atoms with Gasteiger partial charge in [0.25, 0.3) is 0 Å². The van der Waals surface area contributed by atoms with E-state index in [-0.39, 0.29) is 0 Å². The molecule has 0 fully saturated rings. The summed E-state index contributed by atoms with van der Waals surface area (Å²) >= 11 is 3.61. The Kier molecular flexibility index (Phi) is 3.13. The van der Waals surface area contributed by atoms with Crippen LogP contribution in [0.25, 0.3) is 5.69 Å². The molecule has 0 atom stereocenters. The first-order valence-corrected chi connectivity index (χ1v) is 7.50. The van der Waals surface area contributed by atoms with E-state index in [0.29, 0.717) is 5.82 Å². The van der Waals surface area contributed by atoms with E-state index in [2.05, 4.69) is 47.0 Å². The maximum Gasteiger partial charge on any atom is 0.149 e. The molecule has 3 nitrogen and oxygen atoms in total.